The van der Waals surface area contributed by atoms with Crippen molar-refractivity contribution in [1.29, 1.82) is 0 Å². The van der Waals surface area contributed by atoms with Crippen molar-refractivity contribution in [3.8, 4) is 5.75 Å². The molecule has 0 aliphatic carbocycles. The van der Waals surface area contributed by atoms with Crippen LogP contribution in [0.3, 0.4) is 0 Å². The van der Waals surface area contributed by atoms with Gasteiger partial charge >= 0.3 is 0 Å². The van der Waals surface area contributed by atoms with Crippen LogP contribution >= 0.6 is 21.6 Å². The summed E-state index contributed by atoms with van der Waals surface area (Å²) in [5.41, 5.74) is 35.2. The minimum Gasteiger partial charge on any atom is -0.508 e. The highest BCUT2D eigenvalue weighted by Crippen LogP contribution is 2.26. The van der Waals surface area contributed by atoms with Crippen LogP contribution in [-0.4, -0.2) is 160 Å². The topological polar surface area (TPSA) is 464 Å². The van der Waals surface area contributed by atoms with Gasteiger partial charge in [-0.05, 0) is 61.3 Å². The van der Waals surface area contributed by atoms with Crippen LogP contribution in [0.5, 0.6) is 5.75 Å². The second kappa shape index (κ2) is 31.7. The molecule has 432 valence electrons. The third kappa shape index (κ3) is 20.9. The summed E-state index contributed by atoms with van der Waals surface area (Å²) in [4.78, 5) is 156. The van der Waals surface area contributed by atoms with E-state index in [4.69, 9.17) is 34.4 Å². The number of nitrogens with one attached hydrogen (secondary N) is 7. The molecule has 27 nitrogen and oxygen atoms in total. The van der Waals surface area contributed by atoms with Gasteiger partial charge in [-0.25, -0.2) is 0 Å². The second-order valence-corrected chi connectivity index (χ2v) is 21.7. The lowest BCUT2D eigenvalue weighted by atomic mass is 9.96. The molecule has 2 fully saturated rings. The van der Waals surface area contributed by atoms with Crippen molar-refractivity contribution in [2.24, 2.45) is 45.3 Å². The largest absolute Gasteiger partial charge is 0.508 e. The molecule has 2 aromatic carbocycles. The van der Waals surface area contributed by atoms with Crippen LogP contribution in [0.25, 0.3) is 0 Å². The fourth-order valence-corrected chi connectivity index (χ4v) is 10.7. The van der Waals surface area contributed by atoms with E-state index in [9.17, 15) is 57.8 Å². The van der Waals surface area contributed by atoms with E-state index < -0.39 is 145 Å². The Labute approximate surface area is 464 Å². The van der Waals surface area contributed by atoms with Gasteiger partial charge in [-0.3, -0.25) is 57.7 Å². The van der Waals surface area contributed by atoms with E-state index in [0.29, 0.717) is 17.5 Å². The van der Waals surface area contributed by atoms with E-state index in [1.54, 1.807) is 44.2 Å². The Morgan fingerprint density at radius 2 is 1.38 bits per heavy atom. The number of rotatable bonds is 21. The summed E-state index contributed by atoms with van der Waals surface area (Å²) in [5.74, 6) is -10.9. The maximum absolute atomic E-state index is 14.8. The van der Waals surface area contributed by atoms with Crippen molar-refractivity contribution >= 4 is 92.5 Å². The molecule has 0 saturated carbocycles. The quantitative estimate of drug-likeness (QED) is 0.0245. The van der Waals surface area contributed by atoms with E-state index in [-0.39, 0.29) is 74.8 Å². The molecule has 79 heavy (non-hydrogen) atoms. The first-order valence-electron chi connectivity index (χ1n) is 25.6. The molecule has 10 atom stereocenters. The Morgan fingerprint density at radius 1 is 0.747 bits per heavy atom. The van der Waals surface area contributed by atoms with Crippen LogP contribution in [0.15, 0.2) is 59.6 Å². The van der Waals surface area contributed by atoms with Crippen molar-refractivity contribution in [3.05, 3.63) is 65.7 Å². The molecule has 0 spiro atoms. The summed E-state index contributed by atoms with van der Waals surface area (Å²) in [6, 6.07) is 2.07. The molecule has 2 aliphatic heterocycles. The predicted molar refractivity (Wildman–Crippen MR) is 294 cm³/mol. The number of primary amides is 3. The molecule has 29 heteroatoms. The first-order chi connectivity index (χ1) is 37.5. The average Bonchev–Trinajstić information content (AvgIpc) is 3.92. The van der Waals surface area contributed by atoms with E-state index in [1.165, 1.54) is 29.2 Å². The lowest BCUT2D eigenvalue weighted by Gasteiger charge is -2.31. The highest BCUT2D eigenvalue weighted by molar-refractivity contribution is 8.76. The lowest BCUT2D eigenvalue weighted by molar-refractivity contribution is -0.142. The summed E-state index contributed by atoms with van der Waals surface area (Å²) in [6.45, 7) is 3.46. The van der Waals surface area contributed by atoms with Crippen LogP contribution in [-0.2, 0) is 65.6 Å². The molecule has 2 heterocycles. The minimum absolute atomic E-state index is 0.0120. The number of amides is 11. The third-order valence-electron chi connectivity index (χ3n) is 13.0. The van der Waals surface area contributed by atoms with Gasteiger partial charge in [0.2, 0.25) is 65.0 Å². The van der Waals surface area contributed by atoms with Crippen LogP contribution in [0, 0.1) is 5.92 Å². The Bertz CT molecular complexity index is 2520. The van der Waals surface area contributed by atoms with E-state index in [0.717, 1.165) is 21.6 Å². The van der Waals surface area contributed by atoms with Gasteiger partial charge in [0.25, 0.3) is 0 Å². The van der Waals surface area contributed by atoms with Gasteiger partial charge in [-0.1, -0.05) is 84.3 Å². The number of likely N-dealkylation sites (tertiary alicyclic amines) is 1. The van der Waals surface area contributed by atoms with Gasteiger partial charge in [0, 0.05) is 43.9 Å². The van der Waals surface area contributed by atoms with E-state index >= 15 is 0 Å². The maximum Gasteiger partial charge on any atom is 0.246 e. The number of nitrogens with zero attached hydrogens (tertiary/aromatic N) is 2. The fourth-order valence-electron chi connectivity index (χ4n) is 8.46. The van der Waals surface area contributed by atoms with Crippen molar-refractivity contribution < 1.29 is 57.8 Å². The number of guanidine groups is 1. The highest BCUT2D eigenvalue weighted by Gasteiger charge is 2.41. The Morgan fingerprint density at radius 3 is 2.01 bits per heavy atom. The van der Waals surface area contributed by atoms with E-state index in [1.807, 2.05) is 0 Å². The molecule has 0 radical (unpaired) electrons. The summed E-state index contributed by atoms with van der Waals surface area (Å²) < 4.78 is 0. The summed E-state index contributed by atoms with van der Waals surface area (Å²) in [7, 11) is 2.03. The molecule has 0 bridgehead atoms. The Kier molecular flexibility index (Phi) is 25.6. The van der Waals surface area contributed by atoms with Crippen molar-refractivity contribution in [1.82, 2.24) is 42.1 Å². The first kappa shape index (κ1) is 63.9. The normalized spacial score (nSPS) is 22.9. The van der Waals surface area contributed by atoms with Gasteiger partial charge in [-0.15, -0.1) is 0 Å². The number of carbonyl (C=O) groups excluding carboxylic acids is 11. The highest BCUT2D eigenvalue weighted by atomic mass is 33.1. The average molecular weight is 1140 g/mol. The molecule has 2 aliphatic rings. The van der Waals surface area contributed by atoms with Crippen molar-refractivity contribution in [2.45, 2.75) is 132 Å². The molecular weight excluding hydrogens is 1070 g/mol. The number of phenolic OH excluding ortho intramolecular Hbond substituents is 1. The van der Waals surface area contributed by atoms with Gasteiger partial charge in [0.15, 0.2) is 5.96 Å². The van der Waals surface area contributed by atoms with Crippen LogP contribution < -0.4 is 71.6 Å². The van der Waals surface area contributed by atoms with Crippen LogP contribution in [0.2, 0.25) is 0 Å². The van der Waals surface area contributed by atoms with Crippen LogP contribution in [0.1, 0.15) is 76.3 Å². The Balaban J connectivity index is 1.68. The molecule has 2 saturated heterocycles. The van der Waals surface area contributed by atoms with Gasteiger partial charge < -0.3 is 81.6 Å². The molecule has 0 unspecified atom stereocenters. The molecule has 2 aromatic rings. The van der Waals surface area contributed by atoms with Crippen LogP contribution in [0.4, 0.5) is 0 Å². The summed E-state index contributed by atoms with van der Waals surface area (Å²) in [5, 5.41) is 27.9. The minimum atomic E-state index is -1.79. The maximum atomic E-state index is 14.8. The molecular formula is C50H73N15O12S2. The number of phenols is 1. The second-order valence-electron chi connectivity index (χ2n) is 19.2. The van der Waals surface area contributed by atoms with Gasteiger partial charge in [-0.2, -0.15) is 0 Å². The monoisotopic (exact) mass is 1140 g/mol. The molecule has 4 rings (SSSR count). The predicted octanol–water partition coefficient (Wildman–Crippen LogP) is -3.99. The number of nitrogens with two attached hydrogens (primary N) is 6. The Hall–Kier alpha value is -7.66. The molecule has 20 N–H and O–H groups in total. The zero-order valence-corrected chi connectivity index (χ0v) is 45.6. The van der Waals surface area contributed by atoms with Crippen molar-refractivity contribution in [2.75, 3.05) is 24.6 Å². The van der Waals surface area contributed by atoms with Gasteiger partial charge in [0.05, 0.1) is 12.5 Å². The number of aliphatic imine (C=N–C) groups is 1. The number of hydrogen-bond acceptors (Lipinski definition) is 16. The molecule has 11 amide bonds. The fraction of sp³-hybridized carbons (Fsp3) is 0.520. The van der Waals surface area contributed by atoms with E-state index in [2.05, 4.69) is 42.2 Å². The van der Waals surface area contributed by atoms with Gasteiger partial charge in [0.1, 0.15) is 54.1 Å². The number of benzene rings is 2. The summed E-state index contributed by atoms with van der Waals surface area (Å²) >= 11 is 0. The molecule has 0 aromatic heterocycles. The number of hydrogen-bond donors (Lipinski definition) is 14. The summed E-state index contributed by atoms with van der Waals surface area (Å²) in [6.07, 6.45) is -0.896. The number of carbonyl (C=O) groups is 11. The SMILES string of the molecule is CC[C@H](C)[C@@H]1NC(=O)[C@@H](Cc2ccccc2)NC(=O)[C@H](N)CSSC[C@@H](C(=O)N2CCC[C@@H]2C(=O)N[C@@H](CCCN=C(N)N)C(=O)N[C@@H](Cc2ccc(O)cc2)C(N)=O)NC(=O)[C@H](CC(N)=O)NC(=O)[C@@H](CCC(N)=O)NC1=O. The van der Waals surface area contributed by atoms with Crippen molar-refractivity contribution in [3.63, 3.8) is 0 Å². The zero-order valence-electron chi connectivity index (χ0n) is 44.0. The lowest BCUT2D eigenvalue weighted by Crippen LogP contribution is -2.61. The standard InChI is InChI=1S/C50H73N15O12S2/c1-3-26(2)40-48(76)59-32(17-18-38(52)67)44(72)62-35(23-39(53)68)45(73)63-36(25-79-78-24-30(51)42(70)61-34(46(74)64-40)22-27-9-5-4-6-10-27)49(77)65-20-8-12-37(65)47(75)58-31(11-7-19-57-50(55)56)43(71)60-33(41(54)69)21-28-13-15-29(66)16-14-28/h4-6,9-10,13-16,26,30-37,40,66H,3,7-8,11-12,17-25,51H2,1-2H3,(H2,52,67)(H2,53,68)(H2,54,69)(H,58,75)(H,59,76)(H,60,71)(H,61,70)(H,62,72)(H,63,73)(H,64,74)(H4,55,56,57)/t26-,30+,31-,32+,33-,34+,35-,36-,37+,40-/m0/s1. The third-order valence-corrected chi connectivity index (χ3v) is 15.5. The number of aromatic hydroxyl groups is 1. The first-order valence-corrected chi connectivity index (χ1v) is 28.1. The zero-order chi connectivity index (χ0) is 58.3. The smallest absolute Gasteiger partial charge is 0.246 e.